The molecule has 0 spiro atoms. The monoisotopic (exact) mass is 383 g/mol. The second-order valence-electron chi connectivity index (χ2n) is 8.08. The van der Waals surface area contributed by atoms with Crippen LogP contribution < -0.4 is 10.2 Å². The standard InChI is InChI=1S/C22H33N5O/c1-3-25-13-7-8-18(25)16-23-21(28)17-11-14-26(15-12-17)22-24-19-9-5-6-10-20(19)27(22)4-2/h5-6,9-10,17-18H,3-4,7-8,11-16H2,1-2H3,(H,23,28)/t18-/m0/s1. The van der Waals surface area contributed by atoms with Gasteiger partial charge >= 0.3 is 0 Å². The molecule has 0 bridgehead atoms. The molecule has 28 heavy (non-hydrogen) atoms. The van der Waals surface area contributed by atoms with E-state index in [9.17, 15) is 4.79 Å². The summed E-state index contributed by atoms with van der Waals surface area (Å²) in [6, 6.07) is 8.85. The van der Waals surface area contributed by atoms with E-state index in [4.69, 9.17) is 4.98 Å². The Morgan fingerprint density at radius 2 is 1.89 bits per heavy atom. The Bertz CT molecular complexity index is 808. The van der Waals surface area contributed by atoms with Crippen LogP contribution in [-0.4, -0.2) is 59.1 Å². The van der Waals surface area contributed by atoms with E-state index in [1.807, 2.05) is 6.07 Å². The maximum absolute atomic E-state index is 12.7. The summed E-state index contributed by atoms with van der Waals surface area (Å²) in [4.78, 5) is 22.4. The van der Waals surface area contributed by atoms with Crippen LogP contribution in [0.15, 0.2) is 24.3 Å². The molecule has 4 rings (SSSR count). The molecule has 1 atom stereocenters. The van der Waals surface area contributed by atoms with E-state index in [-0.39, 0.29) is 11.8 Å². The lowest BCUT2D eigenvalue weighted by atomic mass is 9.96. The van der Waals surface area contributed by atoms with Gasteiger partial charge in [-0.1, -0.05) is 19.1 Å². The Kier molecular flexibility index (Phi) is 5.85. The fourth-order valence-electron chi connectivity index (χ4n) is 4.86. The molecule has 152 valence electrons. The normalized spacial score (nSPS) is 21.5. The Hall–Kier alpha value is -2.08. The first kappa shape index (κ1) is 19.2. The van der Waals surface area contributed by atoms with Crippen LogP contribution in [0, 0.1) is 5.92 Å². The fourth-order valence-corrected chi connectivity index (χ4v) is 4.86. The SMILES string of the molecule is CCN1CCC[C@H]1CNC(=O)C1CCN(c2nc3ccccc3n2CC)CC1. The Morgan fingerprint density at radius 1 is 1.11 bits per heavy atom. The number of amides is 1. The molecule has 1 aromatic heterocycles. The number of aromatic nitrogens is 2. The first-order valence-corrected chi connectivity index (χ1v) is 10.9. The summed E-state index contributed by atoms with van der Waals surface area (Å²) in [6.07, 6.45) is 4.27. The van der Waals surface area contributed by atoms with Crippen LogP contribution in [-0.2, 0) is 11.3 Å². The van der Waals surface area contributed by atoms with Gasteiger partial charge in [0.15, 0.2) is 0 Å². The molecule has 2 fully saturated rings. The third-order valence-electron chi connectivity index (χ3n) is 6.52. The summed E-state index contributed by atoms with van der Waals surface area (Å²) in [7, 11) is 0. The van der Waals surface area contributed by atoms with Crippen LogP contribution in [0.3, 0.4) is 0 Å². The maximum Gasteiger partial charge on any atom is 0.223 e. The molecule has 0 radical (unpaired) electrons. The summed E-state index contributed by atoms with van der Waals surface area (Å²) in [5.41, 5.74) is 2.24. The number of rotatable bonds is 6. The molecule has 1 aromatic carbocycles. The number of carbonyl (C=O) groups excluding carboxylic acids is 1. The van der Waals surface area contributed by atoms with Gasteiger partial charge in [0.25, 0.3) is 0 Å². The number of hydrogen-bond acceptors (Lipinski definition) is 4. The highest BCUT2D eigenvalue weighted by molar-refractivity contribution is 5.80. The maximum atomic E-state index is 12.7. The lowest BCUT2D eigenvalue weighted by Gasteiger charge is -2.32. The number of benzene rings is 1. The number of likely N-dealkylation sites (tertiary alicyclic amines) is 1. The highest BCUT2D eigenvalue weighted by Crippen LogP contribution is 2.27. The first-order chi connectivity index (χ1) is 13.7. The molecule has 2 aliphatic rings. The van der Waals surface area contributed by atoms with Crippen LogP contribution in [0.25, 0.3) is 11.0 Å². The Morgan fingerprint density at radius 3 is 2.64 bits per heavy atom. The molecule has 6 heteroatoms. The van der Waals surface area contributed by atoms with Gasteiger partial charge in [-0.05, 0) is 57.8 Å². The fraction of sp³-hybridized carbons (Fsp3) is 0.636. The van der Waals surface area contributed by atoms with Crippen LogP contribution in [0.5, 0.6) is 0 Å². The van der Waals surface area contributed by atoms with Gasteiger partial charge in [-0.2, -0.15) is 0 Å². The molecule has 2 aromatic rings. The van der Waals surface area contributed by atoms with Gasteiger partial charge in [0.2, 0.25) is 11.9 Å². The quantitative estimate of drug-likeness (QED) is 0.833. The summed E-state index contributed by atoms with van der Waals surface area (Å²) >= 11 is 0. The molecule has 3 heterocycles. The van der Waals surface area contributed by atoms with Gasteiger partial charge in [0.05, 0.1) is 11.0 Å². The van der Waals surface area contributed by atoms with Crippen molar-refractivity contribution in [2.24, 2.45) is 5.92 Å². The topological polar surface area (TPSA) is 53.4 Å². The van der Waals surface area contributed by atoms with Crippen molar-refractivity contribution in [1.29, 1.82) is 0 Å². The number of likely N-dealkylation sites (N-methyl/N-ethyl adjacent to an activating group) is 1. The molecular weight excluding hydrogens is 350 g/mol. The van der Waals surface area contributed by atoms with E-state index in [1.54, 1.807) is 0 Å². The average molecular weight is 384 g/mol. The van der Waals surface area contributed by atoms with Crippen molar-refractivity contribution in [3.63, 3.8) is 0 Å². The van der Waals surface area contributed by atoms with Crippen molar-refractivity contribution in [2.45, 2.75) is 52.1 Å². The molecular formula is C22H33N5O. The van der Waals surface area contributed by atoms with E-state index in [0.717, 1.165) is 57.0 Å². The zero-order chi connectivity index (χ0) is 19.5. The zero-order valence-electron chi connectivity index (χ0n) is 17.2. The summed E-state index contributed by atoms with van der Waals surface area (Å²) < 4.78 is 2.29. The van der Waals surface area contributed by atoms with Crippen LogP contribution in [0.2, 0.25) is 0 Å². The van der Waals surface area contributed by atoms with E-state index in [1.165, 1.54) is 24.9 Å². The number of nitrogens with one attached hydrogen (secondary N) is 1. The molecule has 0 saturated carbocycles. The molecule has 2 aliphatic heterocycles. The number of anilines is 1. The van der Waals surface area contributed by atoms with Crippen molar-refractivity contribution in [2.75, 3.05) is 37.6 Å². The number of fused-ring (bicyclic) bond motifs is 1. The molecule has 2 saturated heterocycles. The second-order valence-corrected chi connectivity index (χ2v) is 8.08. The molecule has 1 amide bonds. The minimum atomic E-state index is 0.132. The van der Waals surface area contributed by atoms with Crippen molar-refractivity contribution in [3.8, 4) is 0 Å². The lowest BCUT2D eigenvalue weighted by Crippen LogP contribution is -2.45. The zero-order valence-corrected chi connectivity index (χ0v) is 17.2. The average Bonchev–Trinajstić information content (AvgIpc) is 3.35. The number of aryl methyl sites for hydroxylation is 1. The van der Waals surface area contributed by atoms with Gasteiger partial charge in [0, 0.05) is 38.1 Å². The number of imidazole rings is 1. The molecule has 1 N–H and O–H groups in total. The van der Waals surface area contributed by atoms with Crippen LogP contribution >= 0.6 is 0 Å². The van der Waals surface area contributed by atoms with Crippen molar-refractivity contribution in [3.05, 3.63) is 24.3 Å². The lowest BCUT2D eigenvalue weighted by molar-refractivity contribution is -0.125. The number of nitrogens with zero attached hydrogens (tertiary/aromatic N) is 4. The van der Waals surface area contributed by atoms with Gasteiger partial charge < -0.3 is 14.8 Å². The number of para-hydroxylation sites is 2. The van der Waals surface area contributed by atoms with E-state index < -0.39 is 0 Å². The van der Waals surface area contributed by atoms with Crippen molar-refractivity contribution < 1.29 is 4.79 Å². The Balaban J connectivity index is 1.34. The third kappa shape index (κ3) is 3.75. The molecule has 0 aliphatic carbocycles. The van der Waals surface area contributed by atoms with Gasteiger partial charge in [-0.25, -0.2) is 4.98 Å². The summed E-state index contributed by atoms with van der Waals surface area (Å²) in [6.45, 7) is 10.1. The Labute approximate surface area is 167 Å². The van der Waals surface area contributed by atoms with E-state index in [2.05, 4.69) is 51.7 Å². The third-order valence-corrected chi connectivity index (χ3v) is 6.52. The highest BCUT2D eigenvalue weighted by Gasteiger charge is 2.29. The van der Waals surface area contributed by atoms with E-state index >= 15 is 0 Å². The number of hydrogen-bond donors (Lipinski definition) is 1. The van der Waals surface area contributed by atoms with E-state index in [0.29, 0.717) is 6.04 Å². The minimum Gasteiger partial charge on any atom is -0.354 e. The predicted octanol–water partition coefficient (Wildman–Crippen LogP) is 2.87. The van der Waals surface area contributed by atoms with Crippen molar-refractivity contribution in [1.82, 2.24) is 19.8 Å². The summed E-state index contributed by atoms with van der Waals surface area (Å²) in [5.74, 6) is 1.42. The highest BCUT2D eigenvalue weighted by atomic mass is 16.1. The van der Waals surface area contributed by atoms with Gasteiger partial charge in [-0.3, -0.25) is 9.69 Å². The van der Waals surface area contributed by atoms with Gasteiger partial charge in [-0.15, -0.1) is 0 Å². The predicted molar refractivity (Wildman–Crippen MR) is 114 cm³/mol. The number of carbonyl (C=O) groups is 1. The van der Waals surface area contributed by atoms with Crippen molar-refractivity contribution >= 4 is 22.9 Å². The molecule has 0 unspecified atom stereocenters. The smallest absolute Gasteiger partial charge is 0.223 e. The first-order valence-electron chi connectivity index (χ1n) is 10.9. The summed E-state index contributed by atoms with van der Waals surface area (Å²) in [5, 5.41) is 3.24. The minimum absolute atomic E-state index is 0.132. The van der Waals surface area contributed by atoms with Crippen LogP contribution in [0.4, 0.5) is 5.95 Å². The van der Waals surface area contributed by atoms with Gasteiger partial charge in [0.1, 0.15) is 0 Å². The number of piperidine rings is 1. The molecule has 6 nitrogen and oxygen atoms in total. The van der Waals surface area contributed by atoms with Crippen LogP contribution in [0.1, 0.15) is 39.5 Å². The second kappa shape index (κ2) is 8.52. The largest absolute Gasteiger partial charge is 0.354 e.